The second-order valence-electron chi connectivity index (χ2n) is 5.60. The SMILES string of the molecule is CC(=O)Nc1ccc(F)c(NC(=O)c2cccnc2Oc2ccccc2)c1. The van der Waals surface area contributed by atoms with Crippen molar-refractivity contribution in [1.29, 1.82) is 0 Å². The lowest BCUT2D eigenvalue weighted by atomic mass is 10.2. The normalized spacial score (nSPS) is 10.1. The Kier molecular flexibility index (Phi) is 5.41. The second-order valence-corrected chi connectivity index (χ2v) is 5.60. The van der Waals surface area contributed by atoms with Crippen LogP contribution in [0.2, 0.25) is 0 Å². The van der Waals surface area contributed by atoms with Crippen molar-refractivity contribution in [2.45, 2.75) is 6.92 Å². The Morgan fingerprint density at radius 1 is 1.00 bits per heavy atom. The fourth-order valence-corrected chi connectivity index (χ4v) is 2.34. The smallest absolute Gasteiger partial charge is 0.261 e. The maximum atomic E-state index is 14.1. The molecule has 1 heterocycles. The largest absolute Gasteiger partial charge is 0.438 e. The van der Waals surface area contributed by atoms with Crippen molar-refractivity contribution in [2.24, 2.45) is 0 Å². The summed E-state index contributed by atoms with van der Waals surface area (Å²) in [5.74, 6) is -0.909. The second kappa shape index (κ2) is 8.09. The number of hydrogen-bond acceptors (Lipinski definition) is 4. The minimum absolute atomic E-state index is 0.0687. The van der Waals surface area contributed by atoms with E-state index in [1.165, 1.54) is 31.3 Å². The minimum atomic E-state index is -0.633. The van der Waals surface area contributed by atoms with Gasteiger partial charge in [-0.05, 0) is 42.5 Å². The van der Waals surface area contributed by atoms with E-state index in [0.717, 1.165) is 6.07 Å². The number of carbonyl (C=O) groups is 2. The zero-order chi connectivity index (χ0) is 19.2. The molecule has 0 bridgehead atoms. The molecular formula is C20H16FN3O3. The molecule has 0 aliphatic carbocycles. The van der Waals surface area contributed by atoms with Crippen molar-refractivity contribution in [3.8, 4) is 11.6 Å². The lowest BCUT2D eigenvalue weighted by molar-refractivity contribution is -0.114. The van der Waals surface area contributed by atoms with Crippen molar-refractivity contribution < 1.29 is 18.7 Å². The molecule has 0 radical (unpaired) electrons. The summed E-state index contributed by atoms with van der Waals surface area (Å²) in [5, 5.41) is 5.02. The molecule has 0 unspecified atom stereocenters. The summed E-state index contributed by atoms with van der Waals surface area (Å²) in [4.78, 5) is 27.9. The van der Waals surface area contributed by atoms with Gasteiger partial charge in [-0.3, -0.25) is 9.59 Å². The third-order valence-corrected chi connectivity index (χ3v) is 3.51. The highest BCUT2D eigenvalue weighted by Gasteiger charge is 2.16. The fraction of sp³-hybridized carbons (Fsp3) is 0.0500. The van der Waals surface area contributed by atoms with E-state index in [0.29, 0.717) is 11.4 Å². The first-order chi connectivity index (χ1) is 13.0. The first-order valence-corrected chi connectivity index (χ1v) is 8.09. The van der Waals surface area contributed by atoms with E-state index in [2.05, 4.69) is 15.6 Å². The maximum Gasteiger partial charge on any atom is 0.261 e. The maximum absolute atomic E-state index is 14.1. The van der Waals surface area contributed by atoms with Crippen LogP contribution < -0.4 is 15.4 Å². The molecule has 0 spiro atoms. The quantitative estimate of drug-likeness (QED) is 0.709. The van der Waals surface area contributed by atoms with E-state index in [1.54, 1.807) is 30.3 Å². The Labute approximate surface area is 155 Å². The van der Waals surface area contributed by atoms with Crippen LogP contribution in [0.15, 0.2) is 66.9 Å². The summed E-state index contributed by atoms with van der Waals surface area (Å²) in [6.07, 6.45) is 1.49. The molecule has 3 aromatic rings. The Morgan fingerprint density at radius 3 is 2.52 bits per heavy atom. The van der Waals surface area contributed by atoms with Crippen LogP contribution in [-0.4, -0.2) is 16.8 Å². The number of anilines is 2. The molecule has 136 valence electrons. The van der Waals surface area contributed by atoms with Crippen LogP contribution in [0.25, 0.3) is 0 Å². The molecule has 0 aliphatic heterocycles. The first kappa shape index (κ1) is 18.1. The van der Waals surface area contributed by atoms with Gasteiger partial charge in [0.25, 0.3) is 5.91 Å². The number of para-hydroxylation sites is 1. The Morgan fingerprint density at radius 2 is 1.78 bits per heavy atom. The van der Waals surface area contributed by atoms with Gasteiger partial charge in [-0.2, -0.15) is 0 Å². The number of aromatic nitrogens is 1. The van der Waals surface area contributed by atoms with E-state index in [9.17, 15) is 14.0 Å². The summed E-state index contributed by atoms with van der Waals surface area (Å²) >= 11 is 0. The van der Waals surface area contributed by atoms with Crippen LogP contribution in [0.3, 0.4) is 0 Å². The number of ether oxygens (including phenoxy) is 1. The summed E-state index contributed by atoms with van der Waals surface area (Å²) in [7, 11) is 0. The van der Waals surface area contributed by atoms with Crippen LogP contribution >= 0.6 is 0 Å². The summed E-state index contributed by atoms with van der Waals surface area (Å²) in [6.45, 7) is 1.34. The number of nitrogens with one attached hydrogen (secondary N) is 2. The standard InChI is InChI=1S/C20H16FN3O3/c1-13(25)23-14-9-10-17(21)18(12-14)24-19(26)16-8-5-11-22-20(16)27-15-6-3-2-4-7-15/h2-12H,1H3,(H,23,25)(H,24,26). The highest BCUT2D eigenvalue weighted by Crippen LogP contribution is 2.25. The molecule has 2 aromatic carbocycles. The van der Waals surface area contributed by atoms with Crippen molar-refractivity contribution in [1.82, 2.24) is 4.98 Å². The van der Waals surface area contributed by atoms with Gasteiger partial charge in [0.1, 0.15) is 17.1 Å². The van der Waals surface area contributed by atoms with Gasteiger partial charge >= 0.3 is 0 Å². The molecule has 3 rings (SSSR count). The molecule has 2 amide bonds. The average molecular weight is 365 g/mol. The number of benzene rings is 2. The highest BCUT2D eigenvalue weighted by molar-refractivity contribution is 6.06. The highest BCUT2D eigenvalue weighted by atomic mass is 19.1. The van der Waals surface area contributed by atoms with E-state index >= 15 is 0 Å². The van der Waals surface area contributed by atoms with Gasteiger partial charge in [-0.25, -0.2) is 9.37 Å². The van der Waals surface area contributed by atoms with Gasteiger partial charge in [0.05, 0.1) is 5.69 Å². The van der Waals surface area contributed by atoms with Crippen molar-refractivity contribution in [3.63, 3.8) is 0 Å². The summed E-state index contributed by atoms with van der Waals surface area (Å²) < 4.78 is 19.7. The van der Waals surface area contributed by atoms with E-state index < -0.39 is 11.7 Å². The Balaban J connectivity index is 1.84. The zero-order valence-electron chi connectivity index (χ0n) is 14.4. The molecular weight excluding hydrogens is 349 g/mol. The fourth-order valence-electron chi connectivity index (χ4n) is 2.34. The number of amides is 2. The average Bonchev–Trinajstić information content (AvgIpc) is 2.65. The van der Waals surface area contributed by atoms with Crippen LogP contribution in [0.5, 0.6) is 11.6 Å². The molecule has 27 heavy (non-hydrogen) atoms. The third kappa shape index (κ3) is 4.66. The molecule has 0 aliphatic rings. The minimum Gasteiger partial charge on any atom is -0.438 e. The van der Waals surface area contributed by atoms with Crippen molar-refractivity contribution in [3.05, 3.63) is 78.2 Å². The molecule has 2 N–H and O–H groups in total. The van der Waals surface area contributed by atoms with Gasteiger partial charge < -0.3 is 15.4 Å². The van der Waals surface area contributed by atoms with Gasteiger partial charge in [-0.15, -0.1) is 0 Å². The van der Waals surface area contributed by atoms with E-state index in [4.69, 9.17) is 4.74 Å². The Bertz CT molecular complexity index is 977. The molecule has 7 heteroatoms. The van der Waals surface area contributed by atoms with E-state index in [1.807, 2.05) is 6.07 Å². The van der Waals surface area contributed by atoms with Gasteiger partial charge in [-0.1, -0.05) is 18.2 Å². The van der Waals surface area contributed by atoms with Gasteiger partial charge in [0.15, 0.2) is 0 Å². The van der Waals surface area contributed by atoms with E-state index in [-0.39, 0.29) is 23.0 Å². The molecule has 6 nitrogen and oxygen atoms in total. The summed E-state index contributed by atoms with van der Waals surface area (Å²) in [5.41, 5.74) is 0.442. The molecule has 0 saturated carbocycles. The van der Waals surface area contributed by atoms with Gasteiger partial charge in [0.2, 0.25) is 11.8 Å². The lowest BCUT2D eigenvalue weighted by Crippen LogP contribution is -2.15. The topological polar surface area (TPSA) is 80.3 Å². The number of nitrogens with zero attached hydrogens (tertiary/aromatic N) is 1. The number of carbonyl (C=O) groups excluding carboxylic acids is 2. The lowest BCUT2D eigenvalue weighted by Gasteiger charge is -2.12. The van der Waals surface area contributed by atoms with Crippen LogP contribution in [0.1, 0.15) is 17.3 Å². The van der Waals surface area contributed by atoms with Crippen LogP contribution in [0.4, 0.5) is 15.8 Å². The third-order valence-electron chi connectivity index (χ3n) is 3.51. The summed E-state index contributed by atoms with van der Waals surface area (Å²) in [6, 6.07) is 15.9. The van der Waals surface area contributed by atoms with Crippen LogP contribution in [-0.2, 0) is 4.79 Å². The molecule has 0 fully saturated rings. The molecule has 0 saturated heterocycles. The first-order valence-electron chi connectivity index (χ1n) is 8.09. The molecule has 0 atom stereocenters. The number of pyridine rings is 1. The van der Waals surface area contributed by atoms with Crippen molar-refractivity contribution in [2.75, 3.05) is 10.6 Å². The predicted octanol–water partition coefficient (Wildman–Crippen LogP) is 4.22. The number of rotatable bonds is 5. The Hall–Kier alpha value is -3.74. The number of halogens is 1. The monoisotopic (exact) mass is 365 g/mol. The van der Waals surface area contributed by atoms with Crippen molar-refractivity contribution >= 4 is 23.2 Å². The zero-order valence-corrected chi connectivity index (χ0v) is 14.4. The van der Waals surface area contributed by atoms with Crippen LogP contribution in [0, 0.1) is 5.82 Å². The number of hydrogen-bond donors (Lipinski definition) is 2. The van der Waals surface area contributed by atoms with Gasteiger partial charge in [0, 0.05) is 18.8 Å². The molecule has 1 aromatic heterocycles. The predicted molar refractivity (Wildman–Crippen MR) is 99.4 cm³/mol.